The monoisotopic (exact) mass is 352 g/mol. The Bertz CT molecular complexity index is 763. The van der Waals surface area contributed by atoms with Crippen LogP contribution in [0.4, 0.5) is 5.69 Å². The van der Waals surface area contributed by atoms with Crippen molar-refractivity contribution < 1.29 is 0 Å². The van der Waals surface area contributed by atoms with Crippen LogP contribution in [0.5, 0.6) is 0 Å². The fraction of sp³-hybridized carbons (Fsp3) is 0.500. The molecule has 2 aromatic rings. The van der Waals surface area contributed by atoms with Gasteiger partial charge in [0, 0.05) is 12.2 Å². The first kappa shape index (κ1) is 18.0. The van der Waals surface area contributed by atoms with Crippen molar-refractivity contribution in [2.45, 2.75) is 45.1 Å². The third kappa shape index (κ3) is 4.86. The van der Waals surface area contributed by atoms with Gasteiger partial charge in [0.1, 0.15) is 0 Å². The summed E-state index contributed by atoms with van der Waals surface area (Å²) < 4.78 is 0. The van der Waals surface area contributed by atoms with Gasteiger partial charge in [-0.3, -0.25) is 0 Å². The molecule has 1 aliphatic rings. The summed E-state index contributed by atoms with van der Waals surface area (Å²) in [6.07, 6.45) is 7.62. The lowest BCUT2D eigenvalue weighted by molar-refractivity contribution is 0.471. The minimum atomic E-state index is 0.229. The van der Waals surface area contributed by atoms with Crippen LogP contribution in [0.3, 0.4) is 0 Å². The van der Waals surface area contributed by atoms with Gasteiger partial charge in [0.05, 0.1) is 18.2 Å². The molecule has 3 rings (SSSR count). The molecule has 0 spiro atoms. The number of aliphatic imine (C=N–C) groups is 1. The molecule has 26 heavy (non-hydrogen) atoms. The number of aromatic nitrogens is 4. The van der Waals surface area contributed by atoms with E-state index >= 15 is 0 Å². The van der Waals surface area contributed by atoms with Gasteiger partial charge in [-0.2, -0.15) is 5.26 Å². The Labute approximate surface area is 153 Å². The van der Waals surface area contributed by atoms with Gasteiger partial charge in [0.15, 0.2) is 5.82 Å². The Morgan fingerprint density at radius 2 is 1.96 bits per heavy atom. The molecule has 0 radical (unpaired) electrons. The predicted octanol–water partition coefficient (Wildman–Crippen LogP) is 2.29. The number of rotatable bonds is 4. The molecule has 1 heterocycles. The second-order valence-electron chi connectivity index (χ2n) is 6.54. The highest BCUT2D eigenvalue weighted by molar-refractivity contribution is 5.94. The zero-order chi connectivity index (χ0) is 18.2. The minimum Gasteiger partial charge on any atom is -0.324 e. The molecule has 136 valence electrons. The molecule has 0 bridgehead atoms. The van der Waals surface area contributed by atoms with E-state index in [0.29, 0.717) is 23.3 Å². The van der Waals surface area contributed by atoms with E-state index in [1.807, 2.05) is 12.1 Å². The quantitative estimate of drug-likeness (QED) is 0.495. The fourth-order valence-corrected chi connectivity index (χ4v) is 3.09. The van der Waals surface area contributed by atoms with Crippen LogP contribution in [0.25, 0.3) is 0 Å². The normalized spacial score (nSPS) is 16.1. The first-order chi connectivity index (χ1) is 12.8. The highest BCUT2D eigenvalue weighted by Crippen LogP contribution is 2.23. The number of nitriles is 1. The summed E-state index contributed by atoms with van der Waals surface area (Å²) in [4.78, 5) is 6.13. The minimum absolute atomic E-state index is 0.229. The molecular weight excluding hydrogens is 328 g/mol. The van der Waals surface area contributed by atoms with E-state index in [2.05, 4.69) is 26.8 Å². The summed E-state index contributed by atoms with van der Waals surface area (Å²) in [6.45, 7) is 0.963. The average molecular weight is 352 g/mol. The van der Waals surface area contributed by atoms with E-state index in [1.165, 1.54) is 43.3 Å². The maximum absolute atomic E-state index is 8.93. The lowest BCUT2D eigenvalue weighted by atomic mass is 10.0. The molecule has 1 aliphatic carbocycles. The van der Waals surface area contributed by atoms with Crippen molar-refractivity contribution in [1.82, 2.24) is 20.2 Å². The largest absolute Gasteiger partial charge is 0.324 e. The van der Waals surface area contributed by atoms with Gasteiger partial charge < -0.3 is 11.1 Å². The standard InChI is InChI=1S/C18H24N8/c19-11-14-7-9-16(10-8-14)22-18(26-24-17(12-20)23-25-26)21-13-15-5-3-1-2-4-6-15/h7-10,15H,1-6,12-13,20H2,(H,21,22). The van der Waals surface area contributed by atoms with Gasteiger partial charge >= 0.3 is 0 Å². The van der Waals surface area contributed by atoms with Crippen LogP contribution < -0.4 is 11.1 Å². The molecule has 1 aromatic carbocycles. The van der Waals surface area contributed by atoms with Gasteiger partial charge in [-0.25, -0.2) is 4.99 Å². The smallest absolute Gasteiger partial charge is 0.244 e. The molecule has 0 atom stereocenters. The highest BCUT2D eigenvalue weighted by atomic mass is 15.6. The van der Waals surface area contributed by atoms with Crippen LogP contribution in [0.15, 0.2) is 29.3 Å². The average Bonchev–Trinajstić information content (AvgIpc) is 3.01. The van der Waals surface area contributed by atoms with E-state index in [0.717, 1.165) is 12.2 Å². The third-order valence-electron chi connectivity index (χ3n) is 4.57. The van der Waals surface area contributed by atoms with Gasteiger partial charge in [0.2, 0.25) is 5.96 Å². The molecule has 1 saturated carbocycles. The van der Waals surface area contributed by atoms with Crippen molar-refractivity contribution in [3.8, 4) is 6.07 Å². The van der Waals surface area contributed by atoms with Crippen LogP contribution in [0, 0.1) is 17.2 Å². The van der Waals surface area contributed by atoms with E-state index in [1.54, 1.807) is 12.1 Å². The second kappa shape index (κ2) is 9.06. The summed E-state index contributed by atoms with van der Waals surface area (Å²) in [5, 5.41) is 24.4. The summed E-state index contributed by atoms with van der Waals surface area (Å²) >= 11 is 0. The molecule has 3 N–H and O–H groups in total. The van der Waals surface area contributed by atoms with Gasteiger partial charge in [-0.05, 0) is 48.2 Å². The molecule has 1 fully saturated rings. The van der Waals surface area contributed by atoms with Gasteiger partial charge in [-0.1, -0.05) is 30.5 Å². The van der Waals surface area contributed by atoms with Crippen LogP contribution in [-0.4, -0.2) is 32.7 Å². The van der Waals surface area contributed by atoms with Crippen LogP contribution in [0.2, 0.25) is 0 Å². The number of hydrogen-bond donors (Lipinski definition) is 2. The Balaban J connectivity index is 1.78. The molecule has 1 aromatic heterocycles. The Morgan fingerprint density at radius 3 is 2.58 bits per heavy atom. The number of nitrogens with two attached hydrogens (primary N) is 1. The number of hydrogen-bond acceptors (Lipinski definition) is 6. The summed E-state index contributed by atoms with van der Waals surface area (Å²) in [6, 6.07) is 9.29. The maximum atomic E-state index is 8.93. The number of benzene rings is 1. The van der Waals surface area contributed by atoms with E-state index in [-0.39, 0.29) is 6.54 Å². The molecule has 8 heteroatoms. The summed E-state index contributed by atoms with van der Waals surface area (Å²) in [5.41, 5.74) is 7.01. The van der Waals surface area contributed by atoms with Crippen molar-refractivity contribution in [2.75, 3.05) is 11.9 Å². The zero-order valence-electron chi connectivity index (χ0n) is 14.8. The van der Waals surface area contributed by atoms with Gasteiger partial charge in [0.25, 0.3) is 0 Å². The van der Waals surface area contributed by atoms with E-state index in [9.17, 15) is 0 Å². The number of anilines is 1. The Morgan fingerprint density at radius 1 is 1.23 bits per heavy atom. The van der Waals surface area contributed by atoms with E-state index < -0.39 is 0 Å². The van der Waals surface area contributed by atoms with Crippen LogP contribution in [-0.2, 0) is 6.54 Å². The topological polar surface area (TPSA) is 118 Å². The lowest BCUT2D eigenvalue weighted by Crippen LogP contribution is -2.26. The zero-order valence-corrected chi connectivity index (χ0v) is 14.8. The number of nitrogens with zero attached hydrogens (tertiary/aromatic N) is 6. The van der Waals surface area contributed by atoms with Crippen molar-refractivity contribution in [1.29, 1.82) is 5.26 Å². The van der Waals surface area contributed by atoms with Crippen molar-refractivity contribution in [2.24, 2.45) is 16.6 Å². The van der Waals surface area contributed by atoms with Crippen LogP contribution in [0.1, 0.15) is 49.9 Å². The van der Waals surface area contributed by atoms with Crippen molar-refractivity contribution in [3.05, 3.63) is 35.7 Å². The third-order valence-corrected chi connectivity index (χ3v) is 4.57. The lowest BCUT2D eigenvalue weighted by Gasteiger charge is -2.13. The van der Waals surface area contributed by atoms with Gasteiger partial charge in [-0.15, -0.1) is 10.2 Å². The highest BCUT2D eigenvalue weighted by Gasteiger charge is 2.14. The first-order valence-electron chi connectivity index (χ1n) is 9.09. The maximum Gasteiger partial charge on any atom is 0.244 e. The molecule has 8 nitrogen and oxygen atoms in total. The SMILES string of the molecule is N#Cc1ccc(NC(=NCC2CCCCCC2)n2nnc(CN)n2)cc1. The Hall–Kier alpha value is -2.79. The summed E-state index contributed by atoms with van der Waals surface area (Å²) in [5.74, 6) is 1.58. The second-order valence-corrected chi connectivity index (χ2v) is 6.54. The summed E-state index contributed by atoms with van der Waals surface area (Å²) in [7, 11) is 0. The number of nitrogens with one attached hydrogen (secondary N) is 1. The predicted molar refractivity (Wildman–Crippen MR) is 99.4 cm³/mol. The van der Waals surface area contributed by atoms with Crippen molar-refractivity contribution >= 4 is 11.6 Å². The van der Waals surface area contributed by atoms with Crippen LogP contribution >= 0.6 is 0 Å². The first-order valence-corrected chi connectivity index (χ1v) is 9.09. The molecule has 0 amide bonds. The molecule has 0 aliphatic heterocycles. The van der Waals surface area contributed by atoms with Crippen molar-refractivity contribution in [3.63, 3.8) is 0 Å². The molecule has 0 unspecified atom stereocenters. The Kier molecular flexibility index (Phi) is 6.28. The van der Waals surface area contributed by atoms with E-state index in [4.69, 9.17) is 16.0 Å². The fourth-order valence-electron chi connectivity index (χ4n) is 3.09. The number of tetrazole rings is 1. The molecular formula is C18H24N8. The molecule has 0 saturated heterocycles.